The Hall–Kier alpha value is -4.15. The molecular formula is C23H24ClF3N8O5. The molecule has 1 unspecified atom stereocenters. The monoisotopic (exact) mass is 584 g/mol. The zero-order chi connectivity index (χ0) is 29.4. The lowest BCUT2D eigenvalue weighted by Crippen LogP contribution is -2.47. The Morgan fingerprint density at radius 3 is 2.52 bits per heavy atom. The van der Waals surface area contributed by atoms with Gasteiger partial charge in [0.1, 0.15) is 17.7 Å². The number of halogens is 4. The fourth-order valence-electron chi connectivity index (χ4n) is 4.40. The molecule has 1 amide bonds. The van der Waals surface area contributed by atoms with E-state index in [1.165, 1.54) is 4.52 Å². The van der Waals surface area contributed by atoms with Crippen molar-refractivity contribution in [1.29, 1.82) is 0 Å². The number of alkyl halides is 3. The number of fused-ring (bicyclic) bond motifs is 2. The van der Waals surface area contributed by atoms with E-state index in [4.69, 9.17) is 27.2 Å². The van der Waals surface area contributed by atoms with Crippen LogP contribution in [0.15, 0.2) is 37.1 Å². The number of aliphatic hydroxyl groups excluding tert-OH is 2. The number of carboxylic acids is 1. The molecule has 5 rings (SSSR count). The second kappa shape index (κ2) is 11.1. The summed E-state index contributed by atoms with van der Waals surface area (Å²) in [5, 5.41) is 35.2. The molecule has 0 aromatic carbocycles. The Bertz CT molecular complexity index is 1550. The number of hydrogen-bond donors (Lipinski definition) is 5. The highest BCUT2D eigenvalue weighted by molar-refractivity contribution is 6.34. The molecule has 4 aromatic rings. The minimum absolute atomic E-state index is 0.0731. The SMILES string of the molecule is CC(NC(=O)c1c(N)nn2cccnc12)c1cc(Cl)c2cncn2c1N1C[C@H](O)C[C@@H](O)C1.O=C(O)C(F)(F)F. The van der Waals surface area contributed by atoms with Crippen molar-refractivity contribution in [3.8, 4) is 0 Å². The van der Waals surface area contributed by atoms with Crippen LogP contribution in [0, 0.1) is 0 Å². The van der Waals surface area contributed by atoms with E-state index < -0.39 is 36.3 Å². The molecule has 0 spiro atoms. The summed E-state index contributed by atoms with van der Waals surface area (Å²) in [5.41, 5.74) is 7.91. The van der Waals surface area contributed by atoms with Gasteiger partial charge in [-0.15, -0.1) is 5.10 Å². The topological polar surface area (TPSA) is 184 Å². The number of imidazole rings is 1. The van der Waals surface area contributed by atoms with Crippen LogP contribution in [-0.4, -0.2) is 82.7 Å². The third-order valence-corrected chi connectivity index (χ3v) is 6.37. The molecule has 1 fully saturated rings. The quantitative estimate of drug-likeness (QED) is 0.236. The number of aromatic nitrogens is 5. The van der Waals surface area contributed by atoms with Crippen molar-refractivity contribution in [2.45, 2.75) is 37.8 Å². The Balaban J connectivity index is 0.000000470. The zero-order valence-corrected chi connectivity index (χ0v) is 21.5. The van der Waals surface area contributed by atoms with Crippen LogP contribution in [0.3, 0.4) is 0 Å². The lowest BCUT2D eigenvalue weighted by molar-refractivity contribution is -0.192. The molecule has 1 saturated heterocycles. The fraction of sp³-hybridized carbons (Fsp3) is 0.348. The van der Waals surface area contributed by atoms with Gasteiger partial charge in [0.15, 0.2) is 11.5 Å². The summed E-state index contributed by atoms with van der Waals surface area (Å²) < 4.78 is 35.0. The average Bonchev–Trinajstić information content (AvgIpc) is 3.47. The van der Waals surface area contributed by atoms with Crippen molar-refractivity contribution in [2.75, 3.05) is 23.7 Å². The molecule has 3 atom stereocenters. The second-order valence-corrected chi connectivity index (χ2v) is 9.42. The highest BCUT2D eigenvalue weighted by Crippen LogP contribution is 2.34. The number of carbonyl (C=O) groups excluding carboxylic acids is 1. The van der Waals surface area contributed by atoms with E-state index in [0.29, 0.717) is 47.1 Å². The van der Waals surface area contributed by atoms with Crippen LogP contribution in [0.4, 0.5) is 24.8 Å². The largest absolute Gasteiger partial charge is 0.490 e. The maximum atomic E-state index is 13.2. The first-order valence-corrected chi connectivity index (χ1v) is 12.1. The smallest absolute Gasteiger partial charge is 0.475 e. The van der Waals surface area contributed by atoms with Gasteiger partial charge >= 0.3 is 12.1 Å². The molecular weight excluding hydrogens is 561 g/mol. The summed E-state index contributed by atoms with van der Waals surface area (Å²) in [7, 11) is 0. The fourth-order valence-corrected chi connectivity index (χ4v) is 4.65. The van der Waals surface area contributed by atoms with Crippen molar-refractivity contribution >= 4 is 46.3 Å². The number of rotatable bonds is 4. The summed E-state index contributed by atoms with van der Waals surface area (Å²) in [4.78, 5) is 32.4. The number of aliphatic hydroxyl groups is 2. The van der Waals surface area contributed by atoms with Crippen LogP contribution in [0.5, 0.6) is 0 Å². The number of amides is 1. The van der Waals surface area contributed by atoms with Crippen molar-refractivity contribution in [3.63, 3.8) is 0 Å². The van der Waals surface area contributed by atoms with Crippen LogP contribution in [0.2, 0.25) is 5.02 Å². The Morgan fingerprint density at radius 2 is 1.90 bits per heavy atom. The predicted molar refractivity (Wildman–Crippen MR) is 136 cm³/mol. The number of pyridine rings is 1. The van der Waals surface area contributed by atoms with Gasteiger partial charge in [-0.1, -0.05) is 11.6 Å². The van der Waals surface area contributed by atoms with Crippen molar-refractivity contribution in [2.24, 2.45) is 0 Å². The van der Waals surface area contributed by atoms with Gasteiger partial charge in [0.25, 0.3) is 5.91 Å². The van der Waals surface area contributed by atoms with Crippen molar-refractivity contribution in [1.82, 2.24) is 29.3 Å². The molecule has 13 nitrogen and oxygen atoms in total. The molecule has 0 radical (unpaired) electrons. The number of nitrogens with zero attached hydrogens (tertiary/aromatic N) is 6. The van der Waals surface area contributed by atoms with Gasteiger partial charge in [0, 0.05) is 37.5 Å². The van der Waals surface area contributed by atoms with Gasteiger partial charge in [-0.05, 0) is 19.1 Å². The van der Waals surface area contributed by atoms with Gasteiger partial charge in [-0.25, -0.2) is 19.3 Å². The van der Waals surface area contributed by atoms with Crippen LogP contribution >= 0.6 is 11.6 Å². The summed E-state index contributed by atoms with van der Waals surface area (Å²) >= 11 is 6.52. The lowest BCUT2D eigenvalue weighted by atomic mass is 10.0. The molecule has 0 saturated carbocycles. The van der Waals surface area contributed by atoms with Gasteiger partial charge in [-0.3, -0.25) is 9.20 Å². The summed E-state index contributed by atoms with van der Waals surface area (Å²) in [5.74, 6) is -2.43. The number of piperidine rings is 1. The van der Waals surface area contributed by atoms with Gasteiger partial charge in [-0.2, -0.15) is 13.2 Å². The summed E-state index contributed by atoms with van der Waals surface area (Å²) in [6.45, 7) is 2.47. The first kappa shape index (κ1) is 28.8. The Morgan fingerprint density at radius 1 is 1.25 bits per heavy atom. The number of hydrogen-bond acceptors (Lipinski definition) is 9. The van der Waals surface area contributed by atoms with Crippen LogP contribution < -0.4 is 16.0 Å². The first-order valence-electron chi connectivity index (χ1n) is 11.7. The molecule has 4 aromatic heterocycles. The molecule has 17 heteroatoms. The Labute approximate surface area is 228 Å². The van der Waals surface area contributed by atoms with E-state index in [9.17, 15) is 28.2 Å². The third kappa shape index (κ3) is 5.88. The molecule has 6 N–H and O–H groups in total. The number of carbonyl (C=O) groups is 2. The van der Waals surface area contributed by atoms with E-state index >= 15 is 0 Å². The van der Waals surface area contributed by atoms with Gasteiger partial charge in [0.05, 0.1) is 35.0 Å². The van der Waals surface area contributed by atoms with Crippen LogP contribution in [-0.2, 0) is 4.79 Å². The molecule has 1 aliphatic heterocycles. The van der Waals surface area contributed by atoms with Gasteiger partial charge < -0.3 is 31.3 Å². The number of anilines is 2. The number of β-amino-alcohol motifs (C(OH)–C–C–N with tert-alkyl or cyclic N) is 2. The minimum atomic E-state index is -5.08. The zero-order valence-electron chi connectivity index (χ0n) is 20.7. The predicted octanol–water partition coefficient (Wildman–Crippen LogP) is 1.67. The molecule has 5 heterocycles. The van der Waals surface area contributed by atoms with Crippen molar-refractivity contribution in [3.05, 3.63) is 53.2 Å². The molecule has 1 aliphatic rings. The number of nitrogen functional groups attached to an aromatic ring is 1. The van der Waals surface area contributed by atoms with Crippen molar-refractivity contribution < 1.29 is 38.1 Å². The first-order chi connectivity index (χ1) is 18.8. The maximum Gasteiger partial charge on any atom is 0.490 e. The molecule has 0 aliphatic carbocycles. The lowest BCUT2D eigenvalue weighted by Gasteiger charge is -2.37. The number of nitrogens with two attached hydrogens (primary N) is 1. The molecule has 214 valence electrons. The highest BCUT2D eigenvalue weighted by atomic mass is 35.5. The van der Waals surface area contributed by atoms with E-state index in [1.807, 2.05) is 11.8 Å². The Kier molecular flexibility index (Phi) is 8.04. The van der Waals surface area contributed by atoms with Gasteiger partial charge in [0.2, 0.25) is 0 Å². The number of aliphatic carboxylic acids is 1. The number of carboxylic acid groups (broad SMARTS) is 1. The van der Waals surface area contributed by atoms with E-state index in [-0.39, 0.29) is 11.4 Å². The standard InChI is InChI=1S/C21H23ClN8O3.C2HF3O2/c1-11(26-20(33)17-18(23)27-30-4-2-3-25-19(17)30)14-6-15(22)16-7-24-10-29(16)21(14)28-8-12(31)5-13(32)9-28;3-2(4,5)1(6)7/h2-4,6-7,10-13,31-32H,5,8-9H2,1H3,(H2,23,27)(H,26,33);(H,6,7)/t11?,12-,13-;/m1./s1. The second-order valence-electron chi connectivity index (χ2n) is 9.01. The third-order valence-electron chi connectivity index (χ3n) is 6.06. The van der Waals surface area contributed by atoms with E-state index in [0.717, 1.165) is 0 Å². The number of nitrogens with one attached hydrogen (secondary N) is 1. The van der Waals surface area contributed by atoms with E-state index in [1.54, 1.807) is 41.5 Å². The highest BCUT2D eigenvalue weighted by Gasteiger charge is 2.38. The molecule has 0 bridgehead atoms. The van der Waals surface area contributed by atoms with Crippen LogP contribution in [0.1, 0.15) is 35.3 Å². The average molecular weight is 585 g/mol. The summed E-state index contributed by atoms with van der Waals surface area (Å²) in [6.07, 6.45) is 0.331. The summed E-state index contributed by atoms with van der Waals surface area (Å²) in [6, 6.07) is 2.95. The van der Waals surface area contributed by atoms with Crippen LogP contribution in [0.25, 0.3) is 11.2 Å². The minimum Gasteiger partial charge on any atom is -0.475 e. The normalized spacial score (nSPS) is 18.3. The maximum absolute atomic E-state index is 13.2. The van der Waals surface area contributed by atoms with E-state index in [2.05, 4.69) is 20.4 Å². The molecule has 40 heavy (non-hydrogen) atoms.